The Morgan fingerprint density at radius 3 is 2.74 bits per heavy atom. The van der Waals surface area contributed by atoms with Gasteiger partial charge in [0.2, 0.25) is 5.13 Å². The summed E-state index contributed by atoms with van der Waals surface area (Å²) in [6.07, 6.45) is 0.609. The van der Waals surface area contributed by atoms with Gasteiger partial charge in [0.15, 0.2) is 5.78 Å². The molecule has 0 radical (unpaired) electrons. The number of nitrogens with zero attached hydrogens (tertiary/aromatic N) is 2. The number of hydrogen-bond acceptors (Lipinski definition) is 5. The van der Waals surface area contributed by atoms with Crippen LogP contribution < -0.4 is 5.32 Å². The summed E-state index contributed by atoms with van der Waals surface area (Å²) in [5, 5.41) is 10.5. The van der Waals surface area contributed by atoms with Crippen LogP contribution >= 0.6 is 11.3 Å². The van der Waals surface area contributed by atoms with Crippen LogP contribution in [0.2, 0.25) is 0 Å². The lowest BCUT2D eigenvalue weighted by Crippen LogP contribution is -2.14. The molecule has 19 heavy (non-hydrogen) atoms. The lowest BCUT2D eigenvalue weighted by Gasteiger charge is -2.03. The van der Waals surface area contributed by atoms with Gasteiger partial charge in [-0.05, 0) is 25.8 Å². The van der Waals surface area contributed by atoms with Crippen LogP contribution in [0.3, 0.4) is 0 Å². The number of aromatic amines is 1. The van der Waals surface area contributed by atoms with Crippen molar-refractivity contribution in [3.63, 3.8) is 0 Å². The minimum absolute atomic E-state index is 0.0411. The van der Waals surface area contributed by atoms with Crippen LogP contribution in [0.15, 0.2) is 5.51 Å². The number of aryl methyl sites for hydroxylation is 1. The van der Waals surface area contributed by atoms with Crippen molar-refractivity contribution in [3.8, 4) is 0 Å². The molecule has 0 aliphatic carbocycles. The Bertz CT molecular complexity index is 616. The molecule has 2 heterocycles. The van der Waals surface area contributed by atoms with Gasteiger partial charge in [-0.25, -0.2) is 0 Å². The summed E-state index contributed by atoms with van der Waals surface area (Å²) in [6.45, 7) is 5.20. The van der Waals surface area contributed by atoms with E-state index in [1.165, 1.54) is 23.8 Å². The minimum atomic E-state index is -0.302. The van der Waals surface area contributed by atoms with Crippen LogP contribution in [0.25, 0.3) is 0 Å². The second-order valence-electron chi connectivity index (χ2n) is 4.09. The number of hydrogen-bond donors (Lipinski definition) is 2. The molecule has 0 fully saturated rings. The number of nitrogens with one attached hydrogen (secondary N) is 2. The summed E-state index contributed by atoms with van der Waals surface area (Å²) in [5.74, 6) is -0.343. The third-order valence-corrected chi connectivity index (χ3v) is 3.41. The van der Waals surface area contributed by atoms with E-state index in [1.807, 2.05) is 6.92 Å². The average molecular weight is 278 g/mol. The van der Waals surface area contributed by atoms with Gasteiger partial charge in [-0.15, -0.1) is 10.2 Å². The summed E-state index contributed by atoms with van der Waals surface area (Å²) in [6, 6.07) is 0. The molecule has 0 aromatic carbocycles. The molecule has 100 valence electrons. The van der Waals surface area contributed by atoms with Crippen LogP contribution in [0, 0.1) is 6.92 Å². The van der Waals surface area contributed by atoms with E-state index in [0.717, 1.165) is 5.56 Å². The Morgan fingerprint density at radius 1 is 1.47 bits per heavy atom. The molecule has 0 unspecified atom stereocenters. The van der Waals surface area contributed by atoms with E-state index in [9.17, 15) is 9.59 Å². The van der Waals surface area contributed by atoms with Gasteiger partial charge in [-0.1, -0.05) is 18.3 Å². The van der Waals surface area contributed by atoms with Gasteiger partial charge < -0.3 is 4.98 Å². The molecule has 0 aliphatic heterocycles. The Balaban J connectivity index is 2.37. The highest BCUT2D eigenvalue weighted by atomic mass is 32.1. The first kappa shape index (κ1) is 13.4. The van der Waals surface area contributed by atoms with E-state index in [0.29, 0.717) is 28.5 Å². The van der Waals surface area contributed by atoms with Gasteiger partial charge in [0, 0.05) is 11.3 Å². The summed E-state index contributed by atoms with van der Waals surface area (Å²) < 4.78 is 0. The normalized spacial score (nSPS) is 10.5. The van der Waals surface area contributed by atoms with E-state index < -0.39 is 0 Å². The van der Waals surface area contributed by atoms with Crippen molar-refractivity contribution in [1.82, 2.24) is 15.2 Å². The van der Waals surface area contributed by atoms with Crippen LogP contribution in [0.1, 0.15) is 46.0 Å². The summed E-state index contributed by atoms with van der Waals surface area (Å²) >= 11 is 1.24. The number of amides is 1. The topological polar surface area (TPSA) is 87.7 Å². The second-order valence-corrected chi connectivity index (χ2v) is 4.92. The molecule has 7 heteroatoms. The number of ketones is 1. The second kappa shape index (κ2) is 5.31. The van der Waals surface area contributed by atoms with Crippen LogP contribution in [-0.2, 0) is 6.42 Å². The molecule has 0 saturated carbocycles. The van der Waals surface area contributed by atoms with Crippen LogP contribution in [0.5, 0.6) is 0 Å². The molecule has 2 aromatic rings. The number of carbonyl (C=O) groups is 2. The Labute approximate surface area is 114 Å². The van der Waals surface area contributed by atoms with Gasteiger partial charge in [-0.2, -0.15) is 0 Å². The van der Waals surface area contributed by atoms with Gasteiger partial charge in [-0.3, -0.25) is 14.9 Å². The fraction of sp³-hybridized carbons (Fsp3) is 0.333. The van der Waals surface area contributed by atoms with Gasteiger partial charge in [0.05, 0.1) is 0 Å². The van der Waals surface area contributed by atoms with Crippen molar-refractivity contribution < 1.29 is 9.59 Å². The molecule has 0 spiro atoms. The van der Waals surface area contributed by atoms with Crippen molar-refractivity contribution in [2.24, 2.45) is 0 Å². The molecule has 0 atom stereocenters. The smallest absolute Gasteiger partial charge is 0.274 e. The molecule has 0 bridgehead atoms. The monoisotopic (exact) mass is 278 g/mol. The van der Waals surface area contributed by atoms with E-state index in [-0.39, 0.29) is 11.7 Å². The zero-order valence-electron chi connectivity index (χ0n) is 10.9. The van der Waals surface area contributed by atoms with Gasteiger partial charge >= 0.3 is 0 Å². The zero-order valence-corrected chi connectivity index (χ0v) is 11.7. The Morgan fingerprint density at radius 2 is 2.21 bits per heavy atom. The van der Waals surface area contributed by atoms with Crippen molar-refractivity contribution >= 4 is 28.2 Å². The highest BCUT2D eigenvalue weighted by Crippen LogP contribution is 2.21. The SMILES string of the molecule is CCc1c(C(=O)Nc2nncs2)[nH]c(C)c1C(C)=O. The predicted octanol–water partition coefficient (Wildman–Crippen LogP) is 2.19. The van der Waals surface area contributed by atoms with Gasteiger partial charge in [0.1, 0.15) is 11.2 Å². The average Bonchev–Trinajstić information content (AvgIpc) is 2.95. The summed E-state index contributed by atoms with van der Waals surface area (Å²) in [4.78, 5) is 26.8. The molecule has 0 saturated heterocycles. The fourth-order valence-corrected chi connectivity index (χ4v) is 2.53. The number of carbonyl (C=O) groups excluding carboxylic acids is 2. The molecule has 1 amide bonds. The highest BCUT2D eigenvalue weighted by Gasteiger charge is 2.21. The van der Waals surface area contributed by atoms with Crippen molar-refractivity contribution in [2.75, 3.05) is 5.32 Å². The fourth-order valence-electron chi connectivity index (χ4n) is 2.09. The number of Topliss-reactive ketones (excluding diaryl/α,β-unsaturated/α-hetero) is 1. The maximum absolute atomic E-state index is 12.2. The van der Waals surface area contributed by atoms with Gasteiger partial charge in [0.25, 0.3) is 5.91 Å². The van der Waals surface area contributed by atoms with Crippen molar-refractivity contribution in [1.29, 1.82) is 0 Å². The van der Waals surface area contributed by atoms with E-state index in [1.54, 1.807) is 6.92 Å². The molecule has 0 aliphatic rings. The standard InChI is InChI=1S/C12H14N4O2S/c1-4-8-9(7(3)17)6(2)14-10(8)11(18)15-12-16-13-5-19-12/h5,14H,4H2,1-3H3,(H,15,16,18). The molecule has 2 N–H and O–H groups in total. The Hall–Kier alpha value is -2.02. The molecule has 2 rings (SSSR count). The van der Waals surface area contributed by atoms with Crippen molar-refractivity contribution in [3.05, 3.63) is 28.0 Å². The summed E-state index contributed by atoms with van der Waals surface area (Å²) in [7, 11) is 0. The third-order valence-electron chi connectivity index (χ3n) is 2.80. The molecular weight excluding hydrogens is 264 g/mol. The lowest BCUT2D eigenvalue weighted by molar-refractivity contribution is 0.101. The molecule has 2 aromatic heterocycles. The number of anilines is 1. The quantitative estimate of drug-likeness (QED) is 0.839. The highest BCUT2D eigenvalue weighted by molar-refractivity contribution is 7.13. The first-order valence-electron chi connectivity index (χ1n) is 5.84. The van der Waals surface area contributed by atoms with E-state index >= 15 is 0 Å². The maximum Gasteiger partial charge on any atom is 0.274 e. The third kappa shape index (κ3) is 2.55. The number of rotatable bonds is 4. The van der Waals surface area contributed by atoms with Crippen molar-refractivity contribution in [2.45, 2.75) is 27.2 Å². The molecule has 6 nitrogen and oxygen atoms in total. The minimum Gasteiger partial charge on any atom is -0.354 e. The number of H-pyrrole nitrogens is 1. The number of aromatic nitrogens is 3. The van der Waals surface area contributed by atoms with Crippen LogP contribution in [-0.4, -0.2) is 26.9 Å². The largest absolute Gasteiger partial charge is 0.354 e. The Kier molecular flexibility index (Phi) is 3.75. The maximum atomic E-state index is 12.2. The lowest BCUT2D eigenvalue weighted by atomic mass is 10.0. The zero-order chi connectivity index (χ0) is 14.0. The van der Waals surface area contributed by atoms with Crippen LogP contribution in [0.4, 0.5) is 5.13 Å². The first-order valence-corrected chi connectivity index (χ1v) is 6.72. The van der Waals surface area contributed by atoms with E-state index in [2.05, 4.69) is 20.5 Å². The summed E-state index contributed by atoms with van der Waals surface area (Å²) in [5.41, 5.74) is 4.02. The molecular formula is C12H14N4O2S. The first-order chi connectivity index (χ1) is 9.04. The van der Waals surface area contributed by atoms with E-state index in [4.69, 9.17) is 0 Å². The predicted molar refractivity (Wildman–Crippen MR) is 72.8 cm³/mol.